The SMILES string of the molecule is CNCCCC(=O)Nc1ccc(C(C)C)cc1C(C)C.Cl. The van der Waals surface area contributed by atoms with Gasteiger partial charge in [0.2, 0.25) is 5.91 Å². The van der Waals surface area contributed by atoms with E-state index in [-0.39, 0.29) is 18.3 Å². The fourth-order valence-electron chi connectivity index (χ4n) is 2.17. The summed E-state index contributed by atoms with van der Waals surface area (Å²) < 4.78 is 0. The standard InChI is InChI=1S/C17H28N2O.ClH/c1-12(2)14-8-9-16(15(11-14)13(3)4)19-17(20)7-6-10-18-5;/h8-9,11-13,18H,6-7,10H2,1-5H3,(H,19,20);1H. The summed E-state index contributed by atoms with van der Waals surface area (Å²) in [7, 11) is 1.90. The lowest BCUT2D eigenvalue weighted by molar-refractivity contribution is -0.116. The fraction of sp³-hybridized carbons (Fsp3) is 0.588. The molecular weight excluding hydrogens is 284 g/mol. The average Bonchev–Trinajstić information content (AvgIpc) is 2.38. The van der Waals surface area contributed by atoms with E-state index in [4.69, 9.17) is 0 Å². The number of benzene rings is 1. The first-order chi connectivity index (χ1) is 9.45. The van der Waals surface area contributed by atoms with Gasteiger partial charge in [0.25, 0.3) is 0 Å². The molecule has 4 heteroatoms. The predicted molar refractivity (Wildman–Crippen MR) is 93.7 cm³/mol. The van der Waals surface area contributed by atoms with Gasteiger partial charge in [0.1, 0.15) is 0 Å². The van der Waals surface area contributed by atoms with Crippen molar-refractivity contribution >= 4 is 24.0 Å². The van der Waals surface area contributed by atoms with Crippen molar-refractivity contribution in [1.29, 1.82) is 0 Å². The summed E-state index contributed by atoms with van der Waals surface area (Å²) in [5.74, 6) is 1.01. The summed E-state index contributed by atoms with van der Waals surface area (Å²) >= 11 is 0. The minimum absolute atomic E-state index is 0. The number of carbonyl (C=O) groups excluding carboxylic acids is 1. The molecule has 21 heavy (non-hydrogen) atoms. The highest BCUT2D eigenvalue weighted by molar-refractivity contribution is 5.91. The molecule has 120 valence electrons. The van der Waals surface area contributed by atoms with Crippen molar-refractivity contribution in [3.63, 3.8) is 0 Å². The Morgan fingerprint density at radius 3 is 2.33 bits per heavy atom. The fourth-order valence-corrected chi connectivity index (χ4v) is 2.17. The van der Waals surface area contributed by atoms with Crippen LogP contribution < -0.4 is 10.6 Å². The first kappa shape index (κ1) is 19.9. The van der Waals surface area contributed by atoms with Gasteiger partial charge in [-0.25, -0.2) is 0 Å². The molecule has 1 amide bonds. The third kappa shape index (κ3) is 6.49. The lowest BCUT2D eigenvalue weighted by atomic mass is 9.94. The third-order valence-electron chi connectivity index (χ3n) is 3.47. The number of anilines is 1. The second-order valence-corrected chi connectivity index (χ2v) is 5.91. The van der Waals surface area contributed by atoms with Crippen LogP contribution in [0.15, 0.2) is 18.2 Å². The molecule has 0 spiro atoms. The maximum atomic E-state index is 11.9. The number of halogens is 1. The van der Waals surface area contributed by atoms with E-state index in [2.05, 4.69) is 50.5 Å². The largest absolute Gasteiger partial charge is 0.326 e. The molecule has 1 aromatic rings. The summed E-state index contributed by atoms with van der Waals surface area (Å²) in [6.07, 6.45) is 1.42. The Kier molecular flexibility index (Phi) is 9.31. The van der Waals surface area contributed by atoms with Crippen molar-refractivity contribution in [3.05, 3.63) is 29.3 Å². The van der Waals surface area contributed by atoms with Crippen LogP contribution in [0.5, 0.6) is 0 Å². The molecule has 1 rings (SSSR count). The Bertz CT molecular complexity index is 444. The van der Waals surface area contributed by atoms with Crippen LogP contribution >= 0.6 is 12.4 Å². The van der Waals surface area contributed by atoms with E-state index in [1.807, 2.05) is 13.1 Å². The first-order valence-corrected chi connectivity index (χ1v) is 7.54. The molecule has 0 bridgehead atoms. The van der Waals surface area contributed by atoms with Crippen LogP contribution in [-0.4, -0.2) is 19.5 Å². The van der Waals surface area contributed by atoms with E-state index >= 15 is 0 Å². The lowest BCUT2D eigenvalue weighted by Crippen LogP contribution is -2.16. The van der Waals surface area contributed by atoms with E-state index in [1.54, 1.807) is 0 Å². The zero-order valence-electron chi connectivity index (χ0n) is 13.8. The first-order valence-electron chi connectivity index (χ1n) is 7.54. The molecule has 0 saturated heterocycles. The smallest absolute Gasteiger partial charge is 0.224 e. The normalized spacial score (nSPS) is 10.6. The molecule has 0 fully saturated rings. The van der Waals surface area contributed by atoms with Crippen molar-refractivity contribution in [1.82, 2.24) is 5.32 Å². The molecular formula is C17H29ClN2O. The van der Waals surface area contributed by atoms with Gasteiger partial charge in [-0.15, -0.1) is 12.4 Å². The van der Waals surface area contributed by atoms with Crippen LogP contribution in [0.4, 0.5) is 5.69 Å². The zero-order chi connectivity index (χ0) is 15.1. The molecule has 0 aromatic heterocycles. The number of hydrogen-bond acceptors (Lipinski definition) is 2. The second-order valence-electron chi connectivity index (χ2n) is 5.91. The van der Waals surface area contributed by atoms with Crippen LogP contribution in [0.3, 0.4) is 0 Å². The topological polar surface area (TPSA) is 41.1 Å². The second kappa shape index (κ2) is 9.80. The Hall–Kier alpha value is -1.06. The van der Waals surface area contributed by atoms with Crippen LogP contribution in [0, 0.1) is 0 Å². The summed E-state index contributed by atoms with van der Waals surface area (Å²) in [5.41, 5.74) is 3.50. The predicted octanol–water partition coefficient (Wildman–Crippen LogP) is 4.29. The van der Waals surface area contributed by atoms with Gasteiger partial charge in [-0.1, -0.05) is 39.8 Å². The molecule has 0 unspecified atom stereocenters. The van der Waals surface area contributed by atoms with Crippen molar-refractivity contribution in [2.45, 2.75) is 52.4 Å². The summed E-state index contributed by atoms with van der Waals surface area (Å²) in [6, 6.07) is 6.37. The average molecular weight is 313 g/mol. The minimum Gasteiger partial charge on any atom is -0.326 e. The van der Waals surface area contributed by atoms with Crippen molar-refractivity contribution in [2.24, 2.45) is 0 Å². The highest BCUT2D eigenvalue weighted by Crippen LogP contribution is 2.28. The number of nitrogens with one attached hydrogen (secondary N) is 2. The van der Waals surface area contributed by atoms with Gasteiger partial charge in [0.05, 0.1) is 0 Å². The van der Waals surface area contributed by atoms with Crippen molar-refractivity contribution in [2.75, 3.05) is 18.9 Å². The Morgan fingerprint density at radius 1 is 1.14 bits per heavy atom. The highest BCUT2D eigenvalue weighted by Gasteiger charge is 2.11. The molecule has 1 aromatic carbocycles. The maximum absolute atomic E-state index is 11.9. The van der Waals surface area contributed by atoms with Gasteiger partial charge in [-0.05, 0) is 49.0 Å². The van der Waals surface area contributed by atoms with E-state index in [0.717, 1.165) is 18.7 Å². The van der Waals surface area contributed by atoms with Crippen LogP contribution in [0.1, 0.15) is 63.5 Å². The molecule has 2 N–H and O–H groups in total. The summed E-state index contributed by atoms with van der Waals surface area (Å²) in [4.78, 5) is 11.9. The Morgan fingerprint density at radius 2 is 1.81 bits per heavy atom. The van der Waals surface area contributed by atoms with Crippen LogP contribution in [-0.2, 0) is 4.79 Å². The van der Waals surface area contributed by atoms with Crippen LogP contribution in [0.2, 0.25) is 0 Å². The molecule has 0 aliphatic rings. The molecule has 0 radical (unpaired) electrons. The minimum atomic E-state index is 0. The van der Waals surface area contributed by atoms with E-state index < -0.39 is 0 Å². The van der Waals surface area contributed by atoms with Crippen molar-refractivity contribution in [3.8, 4) is 0 Å². The monoisotopic (exact) mass is 312 g/mol. The third-order valence-corrected chi connectivity index (χ3v) is 3.47. The summed E-state index contributed by atoms with van der Waals surface area (Å²) in [6.45, 7) is 9.58. The van der Waals surface area contributed by atoms with Gasteiger partial charge in [-0.2, -0.15) is 0 Å². The summed E-state index contributed by atoms with van der Waals surface area (Å²) in [5, 5.41) is 6.11. The molecule has 0 atom stereocenters. The molecule has 0 aliphatic heterocycles. The molecule has 0 heterocycles. The maximum Gasteiger partial charge on any atom is 0.224 e. The van der Waals surface area contributed by atoms with Gasteiger partial charge in [-0.3, -0.25) is 4.79 Å². The Labute approximate surface area is 135 Å². The van der Waals surface area contributed by atoms with Gasteiger partial charge < -0.3 is 10.6 Å². The number of carbonyl (C=O) groups is 1. The van der Waals surface area contributed by atoms with Gasteiger partial charge in [0.15, 0.2) is 0 Å². The van der Waals surface area contributed by atoms with Crippen LogP contribution in [0.25, 0.3) is 0 Å². The number of rotatable bonds is 7. The van der Waals surface area contributed by atoms with E-state index in [1.165, 1.54) is 11.1 Å². The molecule has 0 saturated carbocycles. The van der Waals surface area contributed by atoms with E-state index in [9.17, 15) is 4.79 Å². The number of amides is 1. The Balaban J connectivity index is 0.00000400. The van der Waals surface area contributed by atoms with E-state index in [0.29, 0.717) is 18.3 Å². The number of hydrogen-bond donors (Lipinski definition) is 2. The molecule has 0 aliphatic carbocycles. The van der Waals surface area contributed by atoms with Crippen molar-refractivity contribution < 1.29 is 4.79 Å². The molecule has 3 nitrogen and oxygen atoms in total. The quantitative estimate of drug-likeness (QED) is 0.737. The lowest BCUT2D eigenvalue weighted by Gasteiger charge is -2.17. The zero-order valence-corrected chi connectivity index (χ0v) is 14.6. The van der Waals surface area contributed by atoms with Gasteiger partial charge >= 0.3 is 0 Å². The highest BCUT2D eigenvalue weighted by atomic mass is 35.5. The van der Waals surface area contributed by atoms with Gasteiger partial charge in [0, 0.05) is 12.1 Å².